The minimum absolute atomic E-state index is 0.00639. The number of ether oxygens (including phenoxy) is 8. The molecule has 0 aromatic rings. The van der Waals surface area contributed by atoms with Crippen LogP contribution >= 0.6 is 0 Å². The second-order valence-electron chi connectivity index (χ2n) is 10.4. The van der Waals surface area contributed by atoms with Gasteiger partial charge in [-0.1, -0.05) is 0 Å². The van der Waals surface area contributed by atoms with Gasteiger partial charge in [-0.2, -0.15) is 0 Å². The lowest BCUT2D eigenvalue weighted by Crippen LogP contribution is -2.66. The summed E-state index contributed by atoms with van der Waals surface area (Å²) < 4.78 is 42.7. The molecule has 0 radical (unpaired) electrons. The maximum absolute atomic E-state index is 10.5. The molecule has 4 aliphatic heterocycles. The molecule has 15 heteroatoms. The van der Waals surface area contributed by atoms with Crippen LogP contribution in [-0.4, -0.2) is 149 Å². The van der Waals surface area contributed by atoms with Crippen LogP contribution < -0.4 is 0 Å². The Hall–Kier alpha value is -1.05. The number of rotatable bonds is 5. The van der Waals surface area contributed by atoms with E-state index < -0.39 is 91.5 Å². The van der Waals surface area contributed by atoms with Gasteiger partial charge < -0.3 is 68.5 Å². The number of methoxy groups -OCH3 is 1. The van der Waals surface area contributed by atoms with E-state index in [1.807, 2.05) is 0 Å². The van der Waals surface area contributed by atoms with Crippen molar-refractivity contribution in [3.63, 3.8) is 0 Å². The van der Waals surface area contributed by atoms with Crippen LogP contribution in [0.3, 0.4) is 0 Å². The van der Waals surface area contributed by atoms with Crippen molar-refractivity contribution in [2.75, 3.05) is 26.9 Å². The van der Waals surface area contributed by atoms with Crippen LogP contribution in [0.2, 0.25) is 0 Å². The number of carbonyl (C=O) groups excluding carboxylic acids is 1. The highest BCUT2D eigenvalue weighted by atomic mass is 16.8. The van der Waals surface area contributed by atoms with Crippen LogP contribution in [-0.2, 0) is 42.7 Å². The second-order valence-corrected chi connectivity index (χ2v) is 10.4. The van der Waals surface area contributed by atoms with E-state index >= 15 is 0 Å². The Kier molecular flexibility index (Phi) is 11.4. The Morgan fingerprint density at radius 3 is 2.26 bits per heavy atom. The number of fused-ring (bicyclic) bond motifs is 1. The Labute approximate surface area is 226 Å². The molecule has 0 saturated carbocycles. The Morgan fingerprint density at radius 2 is 1.62 bits per heavy atom. The summed E-state index contributed by atoms with van der Waals surface area (Å²) in [4.78, 5) is 10.5. The smallest absolute Gasteiger partial charge is 0.302 e. The molecule has 0 aliphatic carbocycles. The lowest BCUT2D eigenvalue weighted by Gasteiger charge is -2.50. The monoisotopic (exact) mass is 570 g/mol. The third-order valence-corrected chi connectivity index (χ3v) is 6.93. The zero-order valence-corrected chi connectivity index (χ0v) is 22.7. The van der Waals surface area contributed by atoms with Crippen molar-refractivity contribution in [3.8, 4) is 0 Å². The summed E-state index contributed by atoms with van der Waals surface area (Å²) in [6.45, 7) is 6.85. The third kappa shape index (κ3) is 8.03. The summed E-state index contributed by atoms with van der Waals surface area (Å²) in [6, 6.07) is 0. The highest BCUT2D eigenvalue weighted by Crippen LogP contribution is 2.34. The minimum atomic E-state index is -1.41. The number of carbonyl (C=O) groups is 1. The SMILES string of the molecule is CC(=O)OCC1OCC[C@H](O)[C@@H]1O.CO[C@@H]1OC(C)[C@@H](O[C@@H]2OC3COC(C)(C)O[C@H]3[C@@H](O)C2O)C(O)[C@@H]1O. The van der Waals surface area contributed by atoms with E-state index in [1.165, 1.54) is 14.0 Å². The van der Waals surface area contributed by atoms with Crippen molar-refractivity contribution >= 4 is 5.97 Å². The first kappa shape index (κ1) is 32.5. The lowest BCUT2D eigenvalue weighted by atomic mass is 9.96. The molecule has 228 valence electrons. The van der Waals surface area contributed by atoms with Gasteiger partial charge in [0.05, 0.1) is 18.8 Å². The normalized spacial score (nSPS) is 45.9. The van der Waals surface area contributed by atoms with Crippen LogP contribution in [0, 0.1) is 0 Å². The fourth-order valence-electron chi connectivity index (χ4n) is 4.69. The fourth-order valence-corrected chi connectivity index (χ4v) is 4.69. The van der Waals surface area contributed by atoms with Crippen molar-refractivity contribution in [1.29, 1.82) is 0 Å². The summed E-state index contributed by atoms with van der Waals surface area (Å²) in [6.07, 6.45) is -12.6. The number of aliphatic hydroxyl groups is 6. The molecule has 5 unspecified atom stereocenters. The van der Waals surface area contributed by atoms with Crippen molar-refractivity contribution in [3.05, 3.63) is 0 Å². The molecule has 0 aromatic carbocycles. The molecule has 4 heterocycles. The standard InChI is InChI=1S/C16H28O10.C8H14O5/c1-6-12(8(17)10(19)14(21-4)23-6)25-15-11(20)9(18)13-7(24-15)5-22-16(2,3)26-13;1-5(9)13-4-7-8(11)6(10)2-3-12-7/h6-15,17-20H,5H2,1-4H3;6-8,10-11H,2-4H2,1H3/t6?,7?,8?,9-,10-,11?,12+,13+,14+,15-;6-,7?,8-/m00/s1. The van der Waals surface area contributed by atoms with Crippen LogP contribution in [0.15, 0.2) is 0 Å². The van der Waals surface area contributed by atoms with E-state index in [0.29, 0.717) is 13.0 Å². The first-order valence-corrected chi connectivity index (χ1v) is 12.9. The molecular formula is C24H42O15. The van der Waals surface area contributed by atoms with E-state index in [2.05, 4.69) is 4.74 Å². The summed E-state index contributed by atoms with van der Waals surface area (Å²) in [5.74, 6) is -1.32. The quantitative estimate of drug-likeness (QED) is 0.184. The predicted molar refractivity (Wildman–Crippen MR) is 127 cm³/mol. The zero-order chi connectivity index (χ0) is 29.1. The van der Waals surface area contributed by atoms with Gasteiger partial charge in [0, 0.05) is 20.6 Å². The van der Waals surface area contributed by atoms with Gasteiger partial charge in [-0.3, -0.25) is 4.79 Å². The molecular weight excluding hydrogens is 528 g/mol. The lowest BCUT2D eigenvalue weighted by molar-refractivity contribution is -0.397. The van der Waals surface area contributed by atoms with Gasteiger partial charge in [-0.15, -0.1) is 0 Å². The van der Waals surface area contributed by atoms with Crippen LogP contribution in [0.1, 0.15) is 34.1 Å². The van der Waals surface area contributed by atoms with E-state index in [0.717, 1.165) is 0 Å². The topological polar surface area (TPSA) is 212 Å². The van der Waals surface area contributed by atoms with Crippen molar-refractivity contribution in [2.45, 2.75) is 120 Å². The van der Waals surface area contributed by atoms with E-state index in [1.54, 1.807) is 20.8 Å². The summed E-state index contributed by atoms with van der Waals surface area (Å²) in [5.41, 5.74) is 0. The predicted octanol–water partition coefficient (Wildman–Crippen LogP) is -2.86. The molecule has 0 spiro atoms. The maximum Gasteiger partial charge on any atom is 0.302 e. The van der Waals surface area contributed by atoms with Gasteiger partial charge in [-0.25, -0.2) is 0 Å². The van der Waals surface area contributed by atoms with Crippen molar-refractivity contribution in [1.82, 2.24) is 0 Å². The summed E-state index contributed by atoms with van der Waals surface area (Å²) in [5, 5.41) is 59.8. The summed E-state index contributed by atoms with van der Waals surface area (Å²) >= 11 is 0. The number of aliphatic hydroxyl groups excluding tert-OH is 6. The molecule has 39 heavy (non-hydrogen) atoms. The average Bonchev–Trinajstić information content (AvgIpc) is 2.88. The molecule has 6 N–H and O–H groups in total. The third-order valence-electron chi connectivity index (χ3n) is 6.93. The molecule has 13 atom stereocenters. The molecule has 15 nitrogen and oxygen atoms in total. The van der Waals surface area contributed by atoms with Gasteiger partial charge in [0.25, 0.3) is 0 Å². The second kappa shape index (κ2) is 13.7. The molecule has 0 bridgehead atoms. The molecule has 0 amide bonds. The van der Waals surface area contributed by atoms with Gasteiger partial charge in [0.2, 0.25) is 0 Å². The number of hydrogen-bond donors (Lipinski definition) is 6. The fraction of sp³-hybridized carbons (Fsp3) is 0.958. The van der Waals surface area contributed by atoms with Crippen LogP contribution in [0.5, 0.6) is 0 Å². The van der Waals surface area contributed by atoms with E-state index in [4.69, 9.17) is 33.2 Å². The first-order valence-electron chi connectivity index (χ1n) is 12.9. The molecule has 4 saturated heterocycles. The highest BCUT2D eigenvalue weighted by molar-refractivity contribution is 5.65. The van der Waals surface area contributed by atoms with Crippen molar-refractivity contribution in [2.24, 2.45) is 0 Å². The Balaban J connectivity index is 0.000000272. The minimum Gasteiger partial charge on any atom is -0.463 e. The van der Waals surface area contributed by atoms with Gasteiger partial charge >= 0.3 is 5.97 Å². The first-order chi connectivity index (χ1) is 18.3. The van der Waals surface area contributed by atoms with Gasteiger partial charge in [0.1, 0.15) is 61.5 Å². The highest BCUT2D eigenvalue weighted by Gasteiger charge is 2.53. The van der Waals surface area contributed by atoms with Gasteiger partial charge in [-0.05, 0) is 27.2 Å². The number of esters is 1. The maximum atomic E-state index is 10.5. The van der Waals surface area contributed by atoms with Crippen molar-refractivity contribution < 1.29 is 73.3 Å². The average molecular weight is 571 g/mol. The Bertz CT molecular complexity index is 781. The summed E-state index contributed by atoms with van der Waals surface area (Å²) in [7, 11) is 1.35. The molecule has 4 aliphatic rings. The zero-order valence-electron chi connectivity index (χ0n) is 22.7. The largest absolute Gasteiger partial charge is 0.463 e. The van der Waals surface area contributed by atoms with Gasteiger partial charge in [0.15, 0.2) is 18.4 Å². The molecule has 4 fully saturated rings. The molecule has 0 aromatic heterocycles. The van der Waals surface area contributed by atoms with Crippen LogP contribution in [0.25, 0.3) is 0 Å². The number of hydrogen-bond acceptors (Lipinski definition) is 15. The van der Waals surface area contributed by atoms with E-state index in [9.17, 15) is 35.4 Å². The Morgan fingerprint density at radius 1 is 0.949 bits per heavy atom. The van der Waals surface area contributed by atoms with E-state index in [-0.39, 0.29) is 13.2 Å². The van der Waals surface area contributed by atoms with Crippen LogP contribution in [0.4, 0.5) is 0 Å². The molecule has 4 rings (SSSR count).